The van der Waals surface area contributed by atoms with E-state index in [9.17, 15) is 14.7 Å². The number of esters is 1. The van der Waals surface area contributed by atoms with E-state index in [-0.39, 0.29) is 11.4 Å². The average molecular weight is 280 g/mol. The van der Waals surface area contributed by atoms with E-state index in [0.717, 1.165) is 25.7 Å². The van der Waals surface area contributed by atoms with E-state index in [1.807, 2.05) is 20.8 Å². The van der Waals surface area contributed by atoms with Crippen LogP contribution in [0.1, 0.15) is 59.3 Å². The van der Waals surface area contributed by atoms with Crippen LogP contribution in [0.3, 0.4) is 0 Å². The molecule has 0 saturated heterocycles. The van der Waals surface area contributed by atoms with Crippen molar-refractivity contribution in [2.24, 2.45) is 22.7 Å². The molecule has 1 N–H and O–H groups in total. The van der Waals surface area contributed by atoms with Crippen molar-refractivity contribution in [1.82, 2.24) is 0 Å². The largest absolute Gasteiger partial charge is 0.481 e. The third-order valence-electron chi connectivity index (χ3n) is 5.56. The van der Waals surface area contributed by atoms with Crippen molar-refractivity contribution in [1.29, 1.82) is 0 Å². The Balaban J connectivity index is 1.77. The van der Waals surface area contributed by atoms with Crippen molar-refractivity contribution < 1.29 is 19.4 Å². The molecule has 0 amide bonds. The molecule has 4 aliphatic carbocycles. The molecule has 4 rings (SSSR count). The molecule has 4 bridgehead atoms. The van der Waals surface area contributed by atoms with Gasteiger partial charge >= 0.3 is 11.9 Å². The highest BCUT2D eigenvalue weighted by molar-refractivity contribution is 5.77. The summed E-state index contributed by atoms with van der Waals surface area (Å²) < 4.78 is 5.46. The normalized spacial score (nSPS) is 42.0. The fraction of sp³-hybridized carbons (Fsp3) is 0.875. The summed E-state index contributed by atoms with van der Waals surface area (Å²) in [6.45, 7) is 5.62. The Morgan fingerprint density at radius 1 is 1.25 bits per heavy atom. The lowest BCUT2D eigenvalue weighted by molar-refractivity contribution is -0.160. The zero-order valence-electron chi connectivity index (χ0n) is 12.6. The lowest BCUT2D eigenvalue weighted by Gasteiger charge is -2.38. The number of rotatable bonds is 3. The molecule has 0 heterocycles. The van der Waals surface area contributed by atoms with Crippen LogP contribution in [-0.4, -0.2) is 22.6 Å². The first-order valence-electron chi connectivity index (χ1n) is 7.59. The summed E-state index contributed by atoms with van der Waals surface area (Å²) in [5.41, 5.74) is -1.11. The Hall–Kier alpha value is -1.06. The fourth-order valence-corrected chi connectivity index (χ4v) is 5.27. The third-order valence-corrected chi connectivity index (χ3v) is 5.56. The van der Waals surface area contributed by atoms with Gasteiger partial charge in [-0.25, -0.2) is 0 Å². The second kappa shape index (κ2) is 3.99. The molecule has 112 valence electrons. The topological polar surface area (TPSA) is 63.6 Å². The summed E-state index contributed by atoms with van der Waals surface area (Å²) >= 11 is 0. The van der Waals surface area contributed by atoms with Gasteiger partial charge in [0.25, 0.3) is 0 Å². The van der Waals surface area contributed by atoms with Crippen LogP contribution in [0, 0.1) is 22.7 Å². The van der Waals surface area contributed by atoms with Crippen LogP contribution in [0.5, 0.6) is 0 Å². The second-order valence-corrected chi connectivity index (χ2v) is 8.30. The number of carboxylic acids is 1. The highest BCUT2D eigenvalue weighted by atomic mass is 16.6. The molecule has 4 saturated carbocycles. The number of carboxylic acid groups (broad SMARTS) is 1. The average Bonchev–Trinajstić information content (AvgIpc) is 2.58. The van der Waals surface area contributed by atoms with Gasteiger partial charge < -0.3 is 9.84 Å². The van der Waals surface area contributed by atoms with Gasteiger partial charge in [0.05, 0.1) is 11.8 Å². The van der Waals surface area contributed by atoms with E-state index < -0.39 is 17.0 Å². The minimum absolute atomic E-state index is 0.0936. The molecular formula is C16H24O4. The zero-order chi connectivity index (χ0) is 14.8. The molecule has 4 nitrogen and oxygen atoms in total. The molecule has 4 unspecified atom stereocenters. The predicted molar refractivity (Wildman–Crippen MR) is 73.0 cm³/mol. The highest BCUT2D eigenvalue weighted by Crippen LogP contribution is 2.71. The first kappa shape index (κ1) is 13.9. The first-order valence-corrected chi connectivity index (χ1v) is 7.59. The number of carbonyl (C=O) groups excluding carboxylic acids is 1. The quantitative estimate of drug-likeness (QED) is 0.807. The summed E-state index contributed by atoms with van der Waals surface area (Å²) in [5, 5.41) is 9.57. The summed E-state index contributed by atoms with van der Waals surface area (Å²) in [4.78, 5) is 23.8. The third kappa shape index (κ3) is 2.04. The molecule has 0 radical (unpaired) electrons. The molecule has 0 aromatic rings. The Morgan fingerprint density at radius 2 is 1.95 bits per heavy atom. The summed E-state index contributed by atoms with van der Waals surface area (Å²) in [7, 11) is 0. The van der Waals surface area contributed by atoms with Gasteiger partial charge in [-0.1, -0.05) is 0 Å². The lowest BCUT2D eigenvalue weighted by Crippen LogP contribution is -2.38. The molecule has 4 heteroatoms. The van der Waals surface area contributed by atoms with Crippen molar-refractivity contribution in [3.63, 3.8) is 0 Å². The van der Waals surface area contributed by atoms with E-state index in [0.29, 0.717) is 24.7 Å². The maximum atomic E-state index is 12.2. The predicted octanol–water partition coefficient (Wildman–Crippen LogP) is 3.00. The van der Waals surface area contributed by atoms with Gasteiger partial charge in [-0.15, -0.1) is 0 Å². The summed E-state index contributed by atoms with van der Waals surface area (Å²) in [6, 6.07) is 0. The first-order chi connectivity index (χ1) is 9.14. The molecule has 0 spiro atoms. The Kier molecular flexibility index (Phi) is 2.77. The summed E-state index contributed by atoms with van der Waals surface area (Å²) in [5.74, 6) is 0.0927. The minimum Gasteiger partial charge on any atom is -0.481 e. The van der Waals surface area contributed by atoms with Crippen molar-refractivity contribution in [2.75, 3.05) is 0 Å². The number of ether oxygens (including phenoxy) is 1. The Morgan fingerprint density at radius 3 is 2.55 bits per heavy atom. The second-order valence-electron chi connectivity index (χ2n) is 8.30. The lowest BCUT2D eigenvalue weighted by atomic mass is 9.66. The van der Waals surface area contributed by atoms with Gasteiger partial charge in [-0.2, -0.15) is 0 Å². The Bertz CT molecular complexity index is 464. The number of hydrogen-bond donors (Lipinski definition) is 1. The highest BCUT2D eigenvalue weighted by Gasteiger charge is 2.67. The fourth-order valence-electron chi connectivity index (χ4n) is 5.27. The molecule has 4 atom stereocenters. The maximum absolute atomic E-state index is 12.2. The monoisotopic (exact) mass is 280 g/mol. The van der Waals surface area contributed by atoms with E-state index >= 15 is 0 Å². The standard InChI is InChI=1S/C16H24O4/c1-14(2,3)20-12(17)8-15-5-10-4-11(15)7-16(6-10,9-15)13(18)19/h10-11H,4-9H2,1-3H3,(H,18,19). The van der Waals surface area contributed by atoms with Crippen LogP contribution < -0.4 is 0 Å². The smallest absolute Gasteiger partial charge is 0.309 e. The van der Waals surface area contributed by atoms with E-state index in [2.05, 4.69) is 0 Å². The van der Waals surface area contributed by atoms with Crippen LogP contribution in [0.15, 0.2) is 0 Å². The molecule has 20 heavy (non-hydrogen) atoms. The van der Waals surface area contributed by atoms with Gasteiger partial charge in [0.15, 0.2) is 0 Å². The number of aliphatic carboxylic acids is 1. The Labute approximate surface area is 119 Å². The van der Waals surface area contributed by atoms with Crippen LogP contribution in [0.2, 0.25) is 0 Å². The van der Waals surface area contributed by atoms with E-state index in [4.69, 9.17) is 4.74 Å². The van der Waals surface area contributed by atoms with Gasteiger partial charge in [0.2, 0.25) is 0 Å². The zero-order valence-corrected chi connectivity index (χ0v) is 12.6. The summed E-state index contributed by atoms with van der Waals surface area (Å²) in [6.07, 6.45) is 4.79. The minimum atomic E-state index is -0.655. The van der Waals surface area contributed by atoms with Crippen LogP contribution in [-0.2, 0) is 14.3 Å². The van der Waals surface area contributed by atoms with Crippen LogP contribution in [0.4, 0.5) is 0 Å². The molecular weight excluding hydrogens is 256 g/mol. The molecule has 0 aromatic heterocycles. The van der Waals surface area contributed by atoms with Gasteiger partial charge in [0.1, 0.15) is 5.60 Å². The van der Waals surface area contributed by atoms with Crippen molar-refractivity contribution in [3.8, 4) is 0 Å². The van der Waals surface area contributed by atoms with Crippen molar-refractivity contribution >= 4 is 11.9 Å². The van der Waals surface area contributed by atoms with E-state index in [1.165, 1.54) is 0 Å². The van der Waals surface area contributed by atoms with Gasteiger partial charge in [-0.3, -0.25) is 9.59 Å². The van der Waals surface area contributed by atoms with Crippen LogP contribution >= 0.6 is 0 Å². The van der Waals surface area contributed by atoms with Gasteiger partial charge in [0, 0.05) is 0 Å². The van der Waals surface area contributed by atoms with Crippen molar-refractivity contribution in [3.05, 3.63) is 0 Å². The van der Waals surface area contributed by atoms with E-state index in [1.54, 1.807) is 0 Å². The molecule has 0 aliphatic heterocycles. The number of hydrogen-bond acceptors (Lipinski definition) is 3. The molecule has 4 fully saturated rings. The van der Waals surface area contributed by atoms with Gasteiger partial charge in [-0.05, 0) is 70.1 Å². The van der Waals surface area contributed by atoms with Crippen molar-refractivity contribution in [2.45, 2.75) is 64.9 Å². The SMILES string of the molecule is CC(C)(C)OC(=O)CC12CC3CC1CC(C(=O)O)(C3)C2. The van der Waals surface area contributed by atoms with Crippen LogP contribution in [0.25, 0.3) is 0 Å². The maximum Gasteiger partial charge on any atom is 0.309 e. The number of carbonyl (C=O) groups is 2. The molecule has 0 aromatic carbocycles. The molecule has 4 aliphatic rings.